The van der Waals surface area contributed by atoms with E-state index in [-0.39, 0.29) is 0 Å². The van der Waals surface area contributed by atoms with Crippen LogP contribution in [-0.2, 0) is 7.05 Å². The second kappa shape index (κ2) is 6.10. The number of anilines is 2. The first-order valence-electron chi connectivity index (χ1n) is 7.50. The topological polar surface area (TPSA) is 78.0 Å². The predicted molar refractivity (Wildman–Crippen MR) is 95.3 cm³/mol. The molecule has 1 N–H and O–H groups in total. The number of aryl methyl sites for hydroxylation is 1. The molecule has 126 valence electrons. The lowest BCUT2D eigenvalue weighted by Crippen LogP contribution is -1.98. The van der Waals surface area contributed by atoms with E-state index < -0.39 is 0 Å². The van der Waals surface area contributed by atoms with Crippen LogP contribution < -0.4 is 10.1 Å². The third-order valence-electron chi connectivity index (χ3n) is 3.77. The summed E-state index contributed by atoms with van der Waals surface area (Å²) in [6.07, 6.45) is 1.72. The molecule has 0 aliphatic carbocycles. The van der Waals surface area contributed by atoms with Crippen LogP contribution in [0.5, 0.6) is 5.75 Å². The van der Waals surface area contributed by atoms with Gasteiger partial charge in [-0.3, -0.25) is 4.68 Å². The molecule has 0 amide bonds. The fraction of sp³-hybridized carbons (Fsp3) is 0.118. The van der Waals surface area contributed by atoms with Gasteiger partial charge in [0.05, 0.1) is 18.7 Å². The first kappa shape index (κ1) is 15.5. The Morgan fingerprint density at radius 1 is 1.24 bits per heavy atom. The standard InChI is InChI=1S/C17H14ClN5O2/c1-23-17-12(9-19-23)14(24-2)8-15(21-17)20-16-7-13(22-25-16)10-4-3-5-11(18)6-10/h3-9H,1-2H3,(H,20,21). The third kappa shape index (κ3) is 2.89. The minimum absolute atomic E-state index is 0.464. The summed E-state index contributed by atoms with van der Waals surface area (Å²) in [4.78, 5) is 4.54. The molecular formula is C17H14ClN5O2. The molecule has 8 heteroatoms. The fourth-order valence-electron chi connectivity index (χ4n) is 2.56. The van der Waals surface area contributed by atoms with E-state index in [9.17, 15) is 0 Å². The molecule has 3 aromatic heterocycles. The lowest BCUT2D eigenvalue weighted by molar-refractivity contribution is 0.419. The zero-order valence-corrected chi connectivity index (χ0v) is 14.3. The highest BCUT2D eigenvalue weighted by Gasteiger charge is 2.12. The zero-order valence-electron chi connectivity index (χ0n) is 13.5. The van der Waals surface area contributed by atoms with Crippen molar-refractivity contribution in [2.45, 2.75) is 0 Å². The maximum absolute atomic E-state index is 6.02. The number of aromatic nitrogens is 4. The maximum Gasteiger partial charge on any atom is 0.230 e. The first-order valence-corrected chi connectivity index (χ1v) is 7.88. The van der Waals surface area contributed by atoms with Gasteiger partial charge < -0.3 is 14.6 Å². The SMILES string of the molecule is COc1cc(Nc2cc(-c3cccc(Cl)c3)no2)nc2c1cnn2C. The van der Waals surface area contributed by atoms with Gasteiger partial charge in [-0.15, -0.1) is 0 Å². The van der Waals surface area contributed by atoms with Gasteiger partial charge in [0.1, 0.15) is 17.3 Å². The second-order valence-corrected chi connectivity index (χ2v) is 5.86. The highest BCUT2D eigenvalue weighted by Crippen LogP contribution is 2.30. The van der Waals surface area contributed by atoms with Crippen molar-refractivity contribution in [1.82, 2.24) is 19.9 Å². The summed E-state index contributed by atoms with van der Waals surface area (Å²) in [6.45, 7) is 0. The van der Waals surface area contributed by atoms with Crippen LogP contribution in [0.3, 0.4) is 0 Å². The molecule has 0 aliphatic rings. The van der Waals surface area contributed by atoms with Crippen molar-refractivity contribution < 1.29 is 9.26 Å². The van der Waals surface area contributed by atoms with E-state index >= 15 is 0 Å². The van der Waals surface area contributed by atoms with E-state index in [4.69, 9.17) is 20.9 Å². The molecule has 0 unspecified atom stereocenters. The summed E-state index contributed by atoms with van der Waals surface area (Å²) < 4.78 is 12.4. The minimum atomic E-state index is 0.464. The zero-order chi connectivity index (χ0) is 17.4. The van der Waals surface area contributed by atoms with Crippen molar-refractivity contribution in [3.05, 3.63) is 47.6 Å². The largest absolute Gasteiger partial charge is 0.496 e. The van der Waals surface area contributed by atoms with Crippen LogP contribution in [0.4, 0.5) is 11.7 Å². The van der Waals surface area contributed by atoms with E-state index in [0.717, 1.165) is 10.9 Å². The number of methoxy groups -OCH3 is 1. The first-order chi connectivity index (χ1) is 12.1. The molecule has 0 saturated heterocycles. The van der Waals surface area contributed by atoms with E-state index in [1.807, 2.05) is 31.3 Å². The smallest absolute Gasteiger partial charge is 0.230 e. The van der Waals surface area contributed by atoms with Gasteiger partial charge in [0.15, 0.2) is 5.65 Å². The molecule has 0 saturated carbocycles. The van der Waals surface area contributed by atoms with Gasteiger partial charge in [-0.25, -0.2) is 4.98 Å². The van der Waals surface area contributed by atoms with Crippen LogP contribution in [-0.4, -0.2) is 27.0 Å². The molecule has 0 spiro atoms. The molecule has 4 rings (SSSR count). The molecule has 0 radical (unpaired) electrons. The number of rotatable bonds is 4. The van der Waals surface area contributed by atoms with Gasteiger partial charge in [-0.2, -0.15) is 5.10 Å². The van der Waals surface area contributed by atoms with E-state index in [1.165, 1.54) is 0 Å². The number of benzene rings is 1. The average molecular weight is 356 g/mol. The summed E-state index contributed by atoms with van der Waals surface area (Å²) in [5, 5.41) is 12.8. The number of halogens is 1. The highest BCUT2D eigenvalue weighted by molar-refractivity contribution is 6.30. The molecule has 4 aromatic rings. The van der Waals surface area contributed by atoms with E-state index in [1.54, 1.807) is 30.1 Å². The van der Waals surface area contributed by atoms with Crippen molar-refractivity contribution in [2.24, 2.45) is 7.05 Å². The molecule has 0 aliphatic heterocycles. The van der Waals surface area contributed by atoms with Crippen molar-refractivity contribution in [3.63, 3.8) is 0 Å². The summed E-state index contributed by atoms with van der Waals surface area (Å²) in [5.41, 5.74) is 2.26. The van der Waals surface area contributed by atoms with Crippen LogP contribution in [0, 0.1) is 0 Å². The fourth-order valence-corrected chi connectivity index (χ4v) is 2.75. The Kier molecular flexibility index (Phi) is 3.77. The Balaban J connectivity index is 1.67. The predicted octanol–water partition coefficient (Wildman–Crippen LogP) is 4.03. The molecule has 25 heavy (non-hydrogen) atoms. The summed E-state index contributed by atoms with van der Waals surface area (Å²) >= 11 is 6.02. The van der Waals surface area contributed by atoms with Crippen molar-refractivity contribution in [3.8, 4) is 17.0 Å². The van der Waals surface area contributed by atoms with Gasteiger partial charge in [-0.05, 0) is 12.1 Å². The summed E-state index contributed by atoms with van der Waals surface area (Å²) in [6, 6.07) is 11.0. The monoisotopic (exact) mass is 355 g/mol. The van der Waals surface area contributed by atoms with Gasteiger partial charge in [0, 0.05) is 29.8 Å². The Morgan fingerprint density at radius 3 is 2.92 bits per heavy atom. The Bertz CT molecular complexity index is 1060. The van der Waals surface area contributed by atoms with Crippen LogP contribution >= 0.6 is 11.6 Å². The normalized spacial score (nSPS) is 11.0. The molecule has 1 aromatic carbocycles. The van der Waals surface area contributed by atoms with Crippen LogP contribution in [0.15, 0.2) is 47.1 Å². The molecule has 3 heterocycles. The van der Waals surface area contributed by atoms with Crippen LogP contribution in [0.2, 0.25) is 5.02 Å². The Labute approximate surface area is 148 Å². The molecule has 7 nitrogen and oxygen atoms in total. The number of hydrogen-bond donors (Lipinski definition) is 1. The summed E-state index contributed by atoms with van der Waals surface area (Å²) in [7, 11) is 3.43. The van der Waals surface area contributed by atoms with Gasteiger partial charge in [-0.1, -0.05) is 28.9 Å². The quantitative estimate of drug-likeness (QED) is 0.595. The number of nitrogens with one attached hydrogen (secondary N) is 1. The maximum atomic E-state index is 6.02. The third-order valence-corrected chi connectivity index (χ3v) is 4.00. The Morgan fingerprint density at radius 2 is 2.12 bits per heavy atom. The number of fused-ring (bicyclic) bond motifs is 1. The second-order valence-electron chi connectivity index (χ2n) is 5.43. The van der Waals surface area contributed by atoms with E-state index in [2.05, 4.69) is 20.6 Å². The van der Waals surface area contributed by atoms with Crippen molar-refractivity contribution in [2.75, 3.05) is 12.4 Å². The van der Waals surface area contributed by atoms with Crippen LogP contribution in [0.1, 0.15) is 0 Å². The lowest BCUT2D eigenvalue weighted by Gasteiger charge is -2.06. The molecule has 0 fully saturated rings. The average Bonchev–Trinajstić information content (AvgIpc) is 3.22. The summed E-state index contributed by atoms with van der Waals surface area (Å²) in [5.74, 6) is 1.71. The van der Waals surface area contributed by atoms with Gasteiger partial charge in [0.25, 0.3) is 0 Å². The minimum Gasteiger partial charge on any atom is -0.496 e. The number of ether oxygens (including phenoxy) is 1. The molecular weight excluding hydrogens is 342 g/mol. The number of nitrogens with zero attached hydrogens (tertiary/aromatic N) is 4. The van der Waals surface area contributed by atoms with Crippen molar-refractivity contribution in [1.29, 1.82) is 0 Å². The van der Waals surface area contributed by atoms with Crippen LogP contribution in [0.25, 0.3) is 22.3 Å². The highest BCUT2D eigenvalue weighted by atomic mass is 35.5. The Hall–Kier alpha value is -3.06. The molecule has 0 atom stereocenters. The van der Waals surface area contributed by atoms with Gasteiger partial charge in [0.2, 0.25) is 5.88 Å². The van der Waals surface area contributed by atoms with Gasteiger partial charge >= 0.3 is 0 Å². The van der Waals surface area contributed by atoms with E-state index in [0.29, 0.717) is 33.8 Å². The lowest BCUT2D eigenvalue weighted by atomic mass is 10.1. The molecule has 0 bridgehead atoms. The number of pyridine rings is 1. The van der Waals surface area contributed by atoms with Crippen molar-refractivity contribution >= 4 is 34.3 Å². The number of hydrogen-bond acceptors (Lipinski definition) is 6.